The van der Waals surface area contributed by atoms with Gasteiger partial charge >= 0.3 is 5.69 Å². The molecule has 1 amide bonds. The normalized spacial score (nSPS) is 10.2. The number of hydrogen-bond acceptors (Lipinski definition) is 5. The molecule has 1 aromatic heterocycles. The lowest BCUT2D eigenvalue weighted by Gasteiger charge is -2.07. The number of nitro groups is 1. The van der Waals surface area contributed by atoms with Gasteiger partial charge < -0.3 is 5.32 Å². The van der Waals surface area contributed by atoms with Crippen LogP contribution in [-0.2, 0) is 0 Å². The Labute approximate surface area is 120 Å². The number of amides is 1. The summed E-state index contributed by atoms with van der Waals surface area (Å²) in [4.78, 5) is 28.6. The van der Waals surface area contributed by atoms with Gasteiger partial charge in [-0.3, -0.25) is 14.9 Å². The van der Waals surface area contributed by atoms with Crippen molar-refractivity contribution in [1.29, 1.82) is 0 Å². The van der Waals surface area contributed by atoms with Gasteiger partial charge in [0, 0.05) is 18.5 Å². The van der Waals surface area contributed by atoms with Crippen LogP contribution in [0.25, 0.3) is 0 Å². The third-order valence-electron chi connectivity index (χ3n) is 2.38. The first kappa shape index (κ1) is 14.7. The average Bonchev–Trinajstić information content (AvgIpc) is 2.41. The minimum Gasteiger partial charge on any atom is -0.304 e. The van der Waals surface area contributed by atoms with E-state index < -0.39 is 33.7 Å². The number of aromatic nitrogens is 2. The molecule has 108 valence electrons. The Morgan fingerprint density at radius 1 is 1.29 bits per heavy atom. The Balaban J connectivity index is 2.42. The van der Waals surface area contributed by atoms with Crippen LogP contribution in [0.3, 0.4) is 0 Å². The largest absolute Gasteiger partial charge is 0.305 e. The summed E-state index contributed by atoms with van der Waals surface area (Å²) in [5, 5.41) is 12.4. The van der Waals surface area contributed by atoms with Crippen LogP contribution in [0.1, 0.15) is 10.4 Å². The summed E-state index contributed by atoms with van der Waals surface area (Å²) in [6.07, 6.45) is 2.44. The van der Waals surface area contributed by atoms with Crippen LogP contribution in [0, 0.1) is 21.7 Å². The molecule has 0 saturated heterocycles. The zero-order chi connectivity index (χ0) is 15.6. The van der Waals surface area contributed by atoms with Gasteiger partial charge in [0.15, 0.2) is 11.0 Å². The number of rotatable bonds is 3. The van der Waals surface area contributed by atoms with Gasteiger partial charge in [-0.1, -0.05) is 11.6 Å². The molecule has 1 heterocycles. The van der Waals surface area contributed by atoms with E-state index in [0.717, 1.165) is 0 Å². The van der Waals surface area contributed by atoms with Gasteiger partial charge in [-0.05, 0) is 6.07 Å². The molecule has 0 aliphatic rings. The van der Waals surface area contributed by atoms with Crippen LogP contribution < -0.4 is 5.32 Å². The first-order chi connectivity index (χ1) is 9.91. The number of nitro benzene ring substituents is 1. The third-order valence-corrected chi connectivity index (χ3v) is 2.66. The molecule has 0 spiro atoms. The maximum absolute atomic E-state index is 13.8. The van der Waals surface area contributed by atoms with Crippen LogP contribution in [0.2, 0.25) is 5.15 Å². The van der Waals surface area contributed by atoms with E-state index >= 15 is 0 Å². The molecule has 10 heteroatoms. The molecular formula is C11H5ClF2N4O3. The van der Waals surface area contributed by atoms with Gasteiger partial charge in [-0.25, -0.2) is 14.4 Å². The Kier molecular flexibility index (Phi) is 4.03. The van der Waals surface area contributed by atoms with Gasteiger partial charge in [0.2, 0.25) is 5.82 Å². The zero-order valence-corrected chi connectivity index (χ0v) is 10.8. The van der Waals surface area contributed by atoms with E-state index in [1.807, 2.05) is 5.32 Å². The smallest absolute Gasteiger partial charge is 0.304 e. The highest BCUT2D eigenvalue weighted by Gasteiger charge is 2.26. The highest BCUT2D eigenvalue weighted by molar-refractivity contribution is 6.32. The molecule has 7 nitrogen and oxygen atoms in total. The van der Waals surface area contributed by atoms with Crippen molar-refractivity contribution >= 4 is 29.0 Å². The van der Waals surface area contributed by atoms with Crippen molar-refractivity contribution in [3.8, 4) is 0 Å². The lowest BCUT2D eigenvalue weighted by atomic mass is 10.1. The fourth-order valence-corrected chi connectivity index (χ4v) is 1.62. The fraction of sp³-hybridized carbons (Fsp3) is 0. The molecular weight excluding hydrogens is 310 g/mol. The summed E-state index contributed by atoms with van der Waals surface area (Å²) in [6, 6.07) is 1.24. The predicted molar refractivity (Wildman–Crippen MR) is 68.0 cm³/mol. The van der Waals surface area contributed by atoms with Crippen molar-refractivity contribution in [2.24, 2.45) is 0 Å². The lowest BCUT2D eigenvalue weighted by Crippen LogP contribution is -2.18. The molecule has 21 heavy (non-hydrogen) atoms. The molecule has 2 aromatic rings. The highest BCUT2D eigenvalue weighted by atomic mass is 35.5. The SMILES string of the molecule is O=C(Nc1nccnc1Cl)c1c(F)ccc([N+](=O)[O-])c1F. The van der Waals surface area contributed by atoms with E-state index in [9.17, 15) is 23.7 Å². The standard InChI is InChI=1S/C11H5ClF2N4O3/c12-9-10(16-4-3-15-9)17-11(19)7-5(13)1-2-6(8(7)14)18(20)21/h1-4H,(H,16,17,19). The van der Waals surface area contributed by atoms with Crippen molar-refractivity contribution < 1.29 is 18.5 Å². The van der Waals surface area contributed by atoms with Crippen molar-refractivity contribution in [1.82, 2.24) is 9.97 Å². The molecule has 0 saturated carbocycles. The highest BCUT2D eigenvalue weighted by Crippen LogP contribution is 2.24. The van der Waals surface area contributed by atoms with Crippen molar-refractivity contribution in [2.75, 3.05) is 5.32 Å². The Hall–Kier alpha value is -2.68. The van der Waals surface area contributed by atoms with E-state index in [1.165, 1.54) is 12.4 Å². The fourth-order valence-electron chi connectivity index (χ4n) is 1.47. The van der Waals surface area contributed by atoms with Crippen LogP contribution in [0.5, 0.6) is 0 Å². The summed E-state index contributed by atoms with van der Waals surface area (Å²) in [6.45, 7) is 0. The van der Waals surface area contributed by atoms with Gasteiger partial charge in [0.1, 0.15) is 11.4 Å². The van der Waals surface area contributed by atoms with E-state index in [4.69, 9.17) is 11.6 Å². The van der Waals surface area contributed by atoms with E-state index in [2.05, 4.69) is 9.97 Å². The molecule has 0 atom stereocenters. The van der Waals surface area contributed by atoms with E-state index in [0.29, 0.717) is 12.1 Å². The molecule has 0 radical (unpaired) electrons. The number of carbonyl (C=O) groups excluding carboxylic acids is 1. The number of anilines is 1. The maximum atomic E-state index is 13.8. The van der Waals surface area contributed by atoms with Crippen LogP contribution in [-0.4, -0.2) is 20.8 Å². The minimum atomic E-state index is -1.59. The second-order valence-corrected chi connectivity index (χ2v) is 4.02. The molecule has 1 aromatic carbocycles. The molecule has 1 N–H and O–H groups in total. The van der Waals surface area contributed by atoms with Crippen molar-refractivity contribution in [2.45, 2.75) is 0 Å². The van der Waals surface area contributed by atoms with E-state index in [1.54, 1.807) is 0 Å². The van der Waals surface area contributed by atoms with E-state index in [-0.39, 0.29) is 11.0 Å². The van der Waals surface area contributed by atoms with Crippen LogP contribution in [0.15, 0.2) is 24.5 Å². The Bertz CT molecular complexity index is 741. The van der Waals surface area contributed by atoms with Gasteiger partial charge in [-0.15, -0.1) is 0 Å². The predicted octanol–water partition coefficient (Wildman–Crippen LogP) is 2.57. The number of nitrogens with one attached hydrogen (secondary N) is 1. The summed E-state index contributed by atoms with van der Waals surface area (Å²) in [7, 11) is 0. The second kappa shape index (κ2) is 5.75. The van der Waals surface area contributed by atoms with Crippen LogP contribution in [0.4, 0.5) is 20.3 Å². The average molecular weight is 315 g/mol. The topological polar surface area (TPSA) is 98.0 Å². The summed E-state index contributed by atoms with van der Waals surface area (Å²) in [5.74, 6) is -4.33. The Morgan fingerprint density at radius 2 is 1.95 bits per heavy atom. The monoisotopic (exact) mass is 314 g/mol. The first-order valence-electron chi connectivity index (χ1n) is 5.32. The molecule has 2 rings (SSSR count). The van der Waals surface area contributed by atoms with Crippen LogP contribution >= 0.6 is 11.6 Å². The number of halogens is 3. The molecule has 0 unspecified atom stereocenters. The number of nitrogens with zero attached hydrogens (tertiary/aromatic N) is 3. The molecule has 0 aliphatic heterocycles. The van der Waals surface area contributed by atoms with Crippen molar-refractivity contribution in [3.05, 3.63) is 57.0 Å². The minimum absolute atomic E-state index is 0.197. The summed E-state index contributed by atoms with van der Waals surface area (Å²) < 4.78 is 27.4. The quantitative estimate of drug-likeness (QED) is 0.693. The van der Waals surface area contributed by atoms with Gasteiger partial charge in [0.25, 0.3) is 5.91 Å². The molecule has 0 bridgehead atoms. The van der Waals surface area contributed by atoms with Crippen molar-refractivity contribution in [3.63, 3.8) is 0 Å². The number of hydrogen-bond donors (Lipinski definition) is 1. The third kappa shape index (κ3) is 2.92. The lowest BCUT2D eigenvalue weighted by molar-refractivity contribution is -0.387. The zero-order valence-electron chi connectivity index (χ0n) is 10.0. The number of benzene rings is 1. The first-order valence-corrected chi connectivity index (χ1v) is 5.70. The Morgan fingerprint density at radius 3 is 2.57 bits per heavy atom. The summed E-state index contributed by atoms with van der Waals surface area (Å²) in [5.41, 5.74) is -2.13. The number of carbonyl (C=O) groups is 1. The molecule has 0 fully saturated rings. The molecule has 0 aliphatic carbocycles. The summed E-state index contributed by atoms with van der Waals surface area (Å²) >= 11 is 5.63. The second-order valence-electron chi connectivity index (χ2n) is 3.66. The van der Waals surface area contributed by atoms with Gasteiger partial charge in [-0.2, -0.15) is 4.39 Å². The van der Waals surface area contributed by atoms with Gasteiger partial charge in [0.05, 0.1) is 4.92 Å². The maximum Gasteiger partial charge on any atom is 0.305 e.